The number of ketones is 2. The lowest BCUT2D eigenvalue weighted by Crippen LogP contribution is -2.45. The third-order valence-corrected chi connectivity index (χ3v) is 9.52. The number of nitrogens with zero attached hydrogens (tertiary/aromatic N) is 5. The predicted octanol–water partition coefficient (Wildman–Crippen LogP) is 4.80. The van der Waals surface area contributed by atoms with Gasteiger partial charge in [-0.05, 0) is 83.0 Å². The Labute approximate surface area is 238 Å². The van der Waals surface area contributed by atoms with Gasteiger partial charge in [-0.2, -0.15) is 21.4 Å². The minimum Gasteiger partial charge on any atom is -0.473 e. The van der Waals surface area contributed by atoms with Crippen molar-refractivity contribution >= 4 is 28.6 Å². The molecule has 0 aromatic carbocycles. The van der Waals surface area contributed by atoms with Gasteiger partial charge in [0.15, 0.2) is 11.6 Å². The summed E-state index contributed by atoms with van der Waals surface area (Å²) in [6.07, 6.45) is 8.64. The van der Waals surface area contributed by atoms with Gasteiger partial charge in [-0.25, -0.2) is 9.67 Å². The van der Waals surface area contributed by atoms with E-state index in [1.807, 2.05) is 29.1 Å². The van der Waals surface area contributed by atoms with E-state index in [1.165, 1.54) is 0 Å². The van der Waals surface area contributed by atoms with Crippen LogP contribution in [0.15, 0.2) is 40.7 Å². The molecule has 2 N–H and O–H groups in total. The molecular weight excluding hydrogens is 524 g/mol. The van der Waals surface area contributed by atoms with Crippen molar-refractivity contribution in [2.24, 2.45) is 11.1 Å². The number of hydrogen-bond acceptors (Lipinski definition) is 9. The fourth-order valence-corrected chi connectivity index (χ4v) is 7.22. The highest BCUT2D eigenvalue weighted by Crippen LogP contribution is 2.45. The van der Waals surface area contributed by atoms with Gasteiger partial charge in [-0.1, -0.05) is 6.42 Å². The molecule has 3 aromatic rings. The first-order valence-corrected chi connectivity index (χ1v) is 15.2. The van der Waals surface area contributed by atoms with Crippen molar-refractivity contribution in [3.63, 3.8) is 0 Å². The number of thiophene rings is 1. The second-order valence-electron chi connectivity index (χ2n) is 11.3. The monoisotopic (exact) mass is 560 g/mol. The highest BCUT2D eigenvalue weighted by Gasteiger charge is 2.49. The predicted molar refractivity (Wildman–Crippen MR) is 154 cm³/mol. The zero-order valence-electron chi connectivity index (χ0n) is 23.1. The molecule has 2 aliphatic carbocycles. The van der Waals surface area contributed by atoms with Crippen LogP contribution in [-0.4, -0.2) is 62.0 Å². The number of Topliss-reactive ketones (excluding diaryl/α,β-unsaturated/α-hetero) is 2. The molecule has 1 unspecified atom stereocenters. The minimum absolute atomic E-state index is 0.0564. The topological polar surface area (TPSA) is 116 Å². The van der Waals surface area contributed by atoms with E-state index < -0.39 is 5.41 Å². The third kappa shape index (κ3) is 4.88. The van der Waals surface area contributed by atoms with E-state index in [4.69, 9.17) is 25.5 Å². The Morgan fingerprint density at radius 2 is 1.98 bits per heavy atom. The fraction of sp³-hybridized carbons (Fsp3) is 0.500. The molecule has 9 nitrogen and oxygen atoms in total. The van der Waals surface area contributed by atoms with Crippen molar-refractivity contribution in [1.82, 2.24) is 24.6 Å². The Morgan fingerprint density at radius 1 is 1.12 bits per heavy atom. The smallest absolute Gasteiger partial charge is 0.217 e. The molecule has 1 spiro atoms. The molecule has 0 amide bonds. The van der Waals surface area contributed by atoms with Gasteiger partial charge >= 0.3 is 0 Å². The maximum absolute atomic E-state index is 13.8. The maximum Gasteiger partial charge on any atom is 0.217 e. The van der Waals surface area contributed by atoms with E-state index >= 15 is 0 Å². The highest BCUT2D eigenvalue weighted by molar-refractivity contribution is 7.08. The van der Waals surface area contributed by atoms with Crippen molar-refractivity contribution in [2.75, 3.05) is 13.6 Å². The van der Waals surface area contributed by atoms with Crippen LogP contribution in [0, 0.1) is 5.41 Å². The van der Waals surface area contributed by atoms with Crippen LogP contribution in [0.25, 0.3) is 22.8 Å². The summed E-state index contributed by atoms with van der Waals surface area (Å²) in [6.45, 7) is 3.10. The van der Waals surface area contributed by atoms with Gasteiger partial charge in [-0.15, -0.1) is 0 Å². The summed E-state index contributed by atoms with van der Waals surface area (Å²) in [5.74, 6) is 0.558. The van der Waals surface area contributed by atoms with Crippen LogP contribution < -0.4 is 10.5 Å². The molecule has 40 heavy (non-hydrogen) atoms. The van der Waals surface area contributed by atoms with E-state index in [9.17, 15) is 9.59 Å². The first-order chi connectivity index (χ1) is 19.4. The molecule has 6 rings (SSSR count). The molecular formula is C30H36N6O3S. The van der Waals surface area contributed by atoms with Crippen LogP contribution in [0.4, 0.5) is 0 Å². The quantitative estimate of drug-likeness (QED) is 0.337. The summed E-state index contributed by atoms with van der Waals surface area (Å²) in [6, 6.07) is 5.97. The zero-order valence-corrected chi connectivity index (χ0v) is 24.0. The lowest BCUT2D eigenvalue weighted by atomic mass is 9.62. The van der Waals surface area contributed by atoms with Crippen molar-refractivity contribution in [2.45, 2.75) is 76.9 Å². The molecule has 0 bridgehead atoms. The number of hydrogen-bond donors (Lipinski definition) is 1. The number of aromatic nitrogens is 4. The van der Waals surface area contributed by atoms with Gasteiger partial charge < -0.3 is 10.5 Å². The Bertz CT molecular complexity index is 1440. The number of nitrogens with two attached hydrogens (primary N) is 1. The third-order valence-electron chi connectivity index (χ3n) is 8.85. The minimum atomic E-state index is -0.936. The summed E-state index contributed by atoms with van der Waals surface area (Å²) in [5, 5.41) is 8.77. The van der Waals surface area contributed by atoms with E-state index in [0.717, 1.165) is 44.3 Å². The summed E-state index contributed by atoms with van der Waals surface area (Å²) < 4.78 is 8.20. The molecule has 1 saturated heterocycles. The van der Waals surface area contributed by atoms with Crippen molar-refractivity contribution < 1.29 is 14.3 Å². The first kappa shape index (κ1) is 26.8. The van der Waals surface area contributed by atoms with Crippen molar-refractivity contribution in [3.05, 3.63) is 46.6 Å². The maximum atomic E-state index is 13.8. The van der Waals surface area contributed by atoms with Gasteiger partial charge in [0.25, 0.3) is 0 Å². The molecule has 3 aromatic heterocycles. The normalized spacial score (nSPS) is 25.9. The number of rotatable bonds is 6. The number of allylic oxidation sites excluding steroid dienone is 1. The summed E-state index contributed by atoms with van der Waals surface area (Å²) in [5.41, 5.74) is 8.66. The number of likely N-dealkylation sites (tertiary alicyclic amines) is 1. The number of carbonyl (C=O) groups is 2. The molecule has 210 valence electrons. The van der Waals surface area contributed by atoms with Gasteiger partial charge in [-0.3, -0.25) is 14.5 Å². The first-order valence-electron chi connectivity index (χ1n) is 14.3. The average molecular weight is 561 g/mol. The second kappa shape index (κ2) is 10.9. The van der Waals surface area contributed by atoms with Crippen molar-refractivity contribution in [3.8, 4) is 23.0 Å². The van der Waals surface area contributed by atoms with Gasteiger partial charge in [0.1, 0.15) is 17.6 Å². The van der Waals surface area contributed by atoms with Gasteiger partial charge in [0.05, 0.1) is 22.5 Å². The summed E-state index contributed by atoms with van der Waals surface area (Å²) in [4.78, 5) is 38.6. The van der Waals surface area contributed by atoms with Crippen LogP contribution in [0.2, 0.25) is 0 Å². The number of carbonyl (C=O) groups excluding carboxylic acids is 2. The zero-order chi connectivity index (χ0) is 27.9. The van der Waals surface area contributed by atoms with Crippen LogP contribution in [0.1, 0.15) is 70.5 Å². The largest absolute Gasteiger partial charge is 0.473 e. The Balaban J connectivity index is 1.39. The van der Waals surface area contributed by atoms with E-state index in [-0.39, 0.29) is 35.2 Å². The Hall–Kier alpha value is -3.37. The van der Waals surface area contributed by atoms with E-state index in [0.29, 0.717) is 48.5 Å². The molecule has 4 heterocycles. The molecule has 3 aliphatic rings. The lowest BCUT2D eigenvalue weighted by Gasteiger charge is -2.38. The van der Waals surface area contributed by atoms with E-state index in [2.05, 4.69) is 18.9 Å². The van der Waals surface area contributed by atoms with Gasteiger partial charge in [0.2, 0.25) is 5.88 Å². The summed E-state index contributed by atoms with van der Waals surface area (Å²) in [7, 11) is 2.12. The molecule has 2 saturated carbocycles. The number of likely N-dealkylation sites (N-methyl/N-ethyl adjacent to an activating group) is 1. The molecule has 3 atom stereocenters. The molecule has 10 heteroatoms. The Morgan fingerprint density at radius 3 is 2.73 bits per heavy atom. The van der Waals surface area contributed by atoms with Gasteiger partial charge in [0, 0.05) is 35.7 Å². The van der Waals surface area contributed by atoms with Crippen molar-refractivity contribution in [1.29, 1.82) is 0 Å². The summed E-state index contributed by atoms with van der Waals surface area (Å²) >= 11 is 1.60. The molecule has 3 fully saturated rings. The molecule has 0 radical (unpaired) electrons. The second-order valence-corrected chi connectivity index (χ2v) is 12.1. The average Bonchev–Trinajstić information content (AvgIpc) is 3.73. The SMILES string of the molecule is C[C@H](Oc1cc(-c2ccn(-c3ccsc3)n2)nc(/C(N)=C2\CCC[C@@]3(CCCCC3=O)C2=O)n1)C1CCCN1C. The highest BCUT2D eigenvalue weighted by atomic mass is 32.1. The van der Waals surface area contributed by atoms with Crippen LogP contribution >= 0.6 is 11.3 Å². The van der Waals surface area contributed by atoms with E-state index in [1.54, 1.807) is 22.1 Å². The number of ether oxygens (including phenoxy) is 1. The standard InChI is InChI=1S/C30H36N6O3S/c1-19(24-8-6-14-35(24)2)39-26-17-23(22-10-15-36(34-22)20-11-16-40-18-20)32-29(33-26)27(31)21-7-5-13-30(28(21)38)12-4-3-9-25(30)37/h10-11,15-19,24H,3-9,12-14,31H2,1-2H3/b27-21-/t19-,24?,30+/m0/s1. The molecule has 1 aliphatic heterocycles. The fourth-order valence-electron chi connectivity index (χ4n) is 6.60. The lowest BCUT2D eigenvalue weighted by molar-refractivity contribution is -0.143. The van der Waals surface area contributed by atoms with Crippen LogP contribution in [0.3, 0.4) is 0 Å². The Kier molecular flexibility index (Phi) is 7.31. The van der Waals surface area contributed by atoms with Crippen LogP contribution in [-0.2, 0) is 9.59 Å². The van der Waals surface area contributed by atoms with Crippen LogP contribution in [0.5, 0.6) is 5.88 Å².